The van der Waals surface area contributed by atoms with Crippen molar-refractivity contribution in [1.29, 1.82) is 0 Å². The van der Waals surface area contributed by atoms with Gasteiger partial charge < -0.3 is 20.0 Å². The number of esters is 1. The fourth-order valence-corrected chi connectivity index (χ4v) is 4.91. The molecule has 0 bridgehead atoms. The molecular weight excluding hydrogens is 414 g/mol. The summed E-state index contributed by atoms with van der Waals surface area (Å²) in [5, 5.41) is 14.7. The molecule has 0 spiro atoms. The van der Waals surface area contributed by atoms with Gasteiger partial charge in [-0.25, -0.2) is 4.79 Å². The average Bonchev–Trinajstić information content (AvgIpc) is 3.05. The predicted molar refractivity (Wildman–Crippen MR) is 119 cm³/mol. The van der Waals surface area contributed by atoms with Crippen LogP contribution in [-0.4, -0.2) is 24.5 Å². The minimum Gasteiger partial charge on any atom is -0.550 e. The molecule has 6 nitrogen and oxygen atoms in total. The zero-order valence-electron chi connectivity index (χ0n) is 18.1. The Morgan fingerprint density at radius 1 is 1.10 bits per heavy atom. The van der Waals surface area contributed by atoms with Crippen LogP contribution in [0.15, 0.2) is 30.4 Å². The van der Waals surface area contributed by atoms with Crippen molar-refractivity contribution in [2.75, 3.05) is 11.9 Å². The zero-order valence-corrected chi connectivity index (χ0v) is 18.9. The molecule has 1 aromatic carbocycles. The van der Waals surface area contributed by atoms with Gasteiger partial charge in [-0.1, -0.05) is 30.4 Å². The number of hydrogen-bond donors (Lipinski definition) is 1. The van der Waals surface area contributed by atoms with Gasteiger partial charge in [0.15, 0.2) is 0 Å². The SMILES string of the molecule is CCOC(=O)c1c(NC(=O)[C@H]2CC=CC[C@@H]2C(=O)[O-])sc(C)c1-c1ccc(C)c(C)c1. The van der Waals surface area contributed by atoms with E-state index in [1.54, 1.807) is 19.1 Å². The molecule has 164 valence electrons. The third-order valence-electron chi connectivity index (χ3n) is 5.67. The molecule has 0 saturated heterocycles. The monoisotopic (exact) mass is 440 g/mol. The van der Waals surface area contributed by atoms with Gasteiger partial charge in [0.25, 0.3) is 0 Å². The smallest absolute Gasteiger partial charge is 0.341 e. The number of carbonyl (C=O) groups is 3. The lowest BCUT2D eigenvalue weighted by atomic mass is 9.82. The van der Waals surface area contributed by atoms with E-state index in [1.165, 1.54) is 11.3 Å². The van der Waals surface area contributed by atoms with Crippen LogP contribution in [0.4, 0.5) is 5.00 Å². The van der Waals surface area contributed by atoms with Crippen molar-refractivity contribution in [3.8, 4) is 11.1 Å². The quantitative estimate of drug-likeness (QED) is 0.545. The van der Waals surface area contributed by atoms with E-state index >= 15 is 0 Å². The summed E-state index contributed by atoms with van der Waals surface area (Å²) in [6, 6.07) is 5.95. The highest BCUT2D eigenvalue weighted by Gasteiger charge is 2.32. The molecule has 1 aliphatic carbocycles. The van der Waals surface area contributed by atoms with Crippen LogP contribution < -0.4 is 10.4 Å². The lowest BCUT2D eigenvalue weighted by molar-refractivity contribution is -0.313. The number of carboxylic acid groups (broad SMARTS) is 1. The van der Waals surface area contributed by atoms with E-state index in [2.05, 4.69) is 5.32 Å². The molecule has 1 amide bonds. The summed E-state index contributed by atoms with van der Waals surface area (Å²) in [7, 11) is 0. The number of benzene rings is 1. The summed E-state index contributed by atoms with van der Waals surface area (Å²) >= 11 is 1.29. The van der Waals surface area contributed by atoms with Crippen LogP contribution in [0, 0.1) is 32.6 Å². The van der Waals surface area contributed by atoms with Gasteiger partial charge in [-0.05, 0) is 57.2 Å². The lowest BCUT2D eigenvalue weighted by Crippen LogP contribution is -2.41. The molecule has 0 radical (unpaired) electrons. The first kappa shape index (κ1) is 22.7. The maximum absolute atomic E-state index is 13.0. The second-order valence-electron chi connectivity index (χ2n) is 7.72. The Labute approximate surface area is 185 Å². The number of allylic oxidation sites excluding steroid dienone is 2. The predicted octanol–water partition coefficient (Wildman–Crippen LogP) is 3.79. The highest BCUT2D eigenvalue weighted by atomic mass is 32.1. The minimum absolute atomic E-state index is 0.202. The van der Waals surface area contributed by atoms with Gasteiger partial charge in [0, 0.05) is 22.3 Å². The topological polar surface area (TPSA) is 95.5 Å². The largest absolute Gasteiger partial charge is 0.550 e. The standard InChI is InChI=1S/C24H27NO5S/c1-5-30-24(29)20-19(16-11-10-13(2)14(3)12-16)15(4)31-22(20)25-21(26)17-8-6-7-9-18(17)23(27)28/h6-7,10-12,17-18H,5,8-9H2,1-4H3,(H,25,26)(H,27,28)/p-1/t17-,18-/m0/s1. The summed E-state index contributed by atoms with van der Waals surface area (Å²) < 4.78 is 5.29. The molecule has 0 aliphatic heterocycles. The zero-order chi connectivity index (χ0) is 22.7. The maximum Gasteiger partial charge on any atom is 0.341 e. The molecule has 1 heterocycles. The van der Waals surface area contributed by atoms with Crippen molar-refractivity contribution in [2.24, 2.45) is 11.8 Å². The van der Waals surface area contributed by atoms with Crippen molar-refractivity contribution in [2.45, 2.75) is 40.5 Å². The first-order valence-electron chi connectivity index (χ1n) is 10.3. The molecule has 31 heavy (non-hydrogen) atoms. The van der Waals surface area contributed by atoms with Gasteiger partial charge in [0.05, 0.1) is 12.5 Å². The highest BCUT2D eigenvalue weighted by molar-refractivity contribution is 7.17. The third-order valence-corrected chi connectivity index (χ3v) is 6.69. The van der Waals surface area contributed by atoms with E-state index in [0.29, 0.717) is 17.0 Å². The first-order valence-corrected chi connectivity index (χ1v) is 11.1. The Kier molecular flexibility index (Phi) is 6.95. The average molecular weight is 441 g/mol. The minimum atomic E-state index is -1.24. The molecule has 2 atom stereocenters. The Morgan fingerprint density at radius 3 is 2.39 bits per heavy atom. The number of aryl methyl sites for hydroxylation is 3. The summed E-state index contributed by atoms with van der Waals surface area (Å²) in [6.07, 6.45) is 4.12. The number of carboxylic acids is 1. The van der Waals surface area contributed by atoms with Crippen molar-refractivity contribution >= 4 is 34.2 Å². The van der Waals surface area contributed by atoms with Crippen LogP contribution in [0.3, 0.4) is 0 Å². The Hall–Kier alpha value is -2.93. The van der Waals surface area contributed by atoms with Crippen molar-refractivity contribution in [1.82, 2.24) is 0 Å². The van der Waals surface area contributed by atoms with Crippen LogP contribution in [0.1, 0.15) is 46.1 Å². The fraction of sp³-hybridized carbons (Fsp3) is 0.375. The maximum atomic E-state index is 13.0. The number of anilines is 1. The number of ether oxygens (including phenoxy) is 1. The molecule has 1 aliphatic rings. The van der Waals surface area contributed by atoms with E-state index in [0.717, 1.165) is 27.1 Å². The second-order valence-corrected chi connectivity index (χ2v) is 8.95. The number of aliphatic carboxylic acids is 1. The van der Waals surface area contributed by atoms with Crippen LogP contribution in [-0.2, 0) is 14.3 Å². The van der Waals surface area contributed by atoms with E-state index in [9.17, 15) is 19.5 Å². The van der Waals surface area contributed by atoms with Gasteiger partial charge in [-0.3, -0.25) is 4.79 Å². The van der Waals surface area contributed by atoms with E-state index < -0.39 is 29.7 Å². The normalized spacial score (nSPS) is 17.9. The van der Waals surface area contributed by atoms with E-state index in [-0.39, 0.29) is 13.0 Å². The number of nitrogens with one attached hydrogen (secondary N) is 1. The van der Waals surface area contributed by atoms with Gasteiger partial charge in [0.1, 0.15) is 10.6 Å². The number of hydrogen-bond acceptors (Lipinski definition) is 6. The van der Waals surface area contributed by atoms with Gasteiger partial charge in [0.2, 0.25) is 5.91 Å². The number of amides is 1. The molecule has 0 unspecified atom stereocenters. The van der Waals surface area contributed by atoms with E-state index in [1.807, 2.05) is 39.0 Å². The summed E-state index contributed by atoms with van der Waals surface area (Å²) in [4.78, 5) is 38.2. The number of rotatable bonds is 6. The molecule has 0 fully saturated rings. The molecule has 1 aromatic heterocycles. The van der Waals surface area contributed by atoms with Crippen LogP contribution in [0.2, 0.25) is 0 Å². The van der Waals surface area contributed by atoms with Crippen LogP contribution in [0.25, 0.3) is 11.1 Å². The molecule has 2 aromatic rings. The molecular formula is C24H26NO5S-. The van der Waals surface area contributed by atoms with Crippen molar-refractivity contribution in [3.05, 3.63) is 51.9 Å². The van der Waals surface area contributed by atoms with Crippen LogP contribution >= 0.6 is 11.3 Å². The van der Waals surface area contributed by atoms with Crippen LogP contribution in [0.5, 0.6) is 0 Å². The fourth-order valence-electron chi connectivity index (χ4n) is 3.84. The molecule has 0 saturated carbocycles. The Balaban J connectivity index is 2.03. The molecule has 7 heteroatoms. The Morgan fingerprint density at radius 2 is 1.77 bits per heavy atom. The van der Waals surface area contributed by atoms with Gasteiger partial charge >= 0.3 is 5.97 Å². The van der Waals surface area contributed by atoms with Crippen molar-refractivity contribution < 1.29 is 24.2 Å². The van der Waals surface area contributed by atoms with Gasteiger partial charge in [-0.15, -0.1) is 11.3 Å². The second kappa shape index (κ2) is 9.47. The van der Waals surface area contributed by atoms with Gasteiger partial charge in [-0.2, -0.15) is 0 Å². The third kappa shape index (κ3) is 4.71. The number of thiophene rings is 1. The van der Waals surface area contributed by atoms with E-state index in [4.69, 9.17) is 4.74 Å². The highest BCUT2D eigenvalue weighted by Crippen LogP contribution is 2.41. The summed E-state index contributed by atoms with van der Waals surface area (Å²) in [5.74, 6) is -3.84. The lowest BCUT2D eigenvalue weighted by Gasteiger charge is -2.28. The summed E-state index contributed by atoms with van der Waals surface area (Å²) in [5.41, 5.74) is 4.13. The number of carbonyl (C=O) groups excluding carboxylic acids is 3. The summed E-state index contributed by atoms with van der Waals surface area (Å²) in [6.45, 7) is 7.84. The van der Waals surface area contributed by atoms with Crippen molar-refractivity contribution in [3.63, 3.8) is 0 Å². The molecule has 1 N–H and O–H groups in total. The Bertz CT molecular complexity index is 1050. The first-order chi connectivity index (χ1) is 14.7. The molecule has 3 rings (SSSR count).